The lowest BCUT2D eigenvalue weighted by Crippen LogP contribution is -2.07. The smallest absolute Gasteiger partial charge is 0.344 e. The number of nitrogen functional groups attached to an aromatic ring is 1. The molecule has 0 aliphatic heterocycles. The Morgan fingerprint density at radius 3 is 2.93 bits per heavy atom. The third kappa shape index (κ3) is 2.20. The summed E-state index contributed by atoms with van der Waals surface area (Å²) < 4.78 is 4.86. The van der Waals surface area contributed by atoms with Crippen LogP contribution in [0, 0.1) is 0 Å². The van der Waals surface area contributed by atoms with Gasteiger partial charge in [-0.1, -0.05) is 6.92 Å². The Bertz CT molecular complexity index is 324. The SMILES string of the molecule is CCOC(=O)c1c(SCC)n[nH]c1N. The van der Waals surface area contributed by atoms with E-state index in [2.05, 4.69) is 10.2 Å². The van der Waals surface area contributed by atoms with E-state index in [9.17, 15) is 4.79 Å². The molecule has 0 aliphatic carbocycles. The first-order chi connectivity index (χ1) is 6.70. The first-order valence-electron chi connectivity index (χ1n) is 4.34. The average Bonchev–Trinajstić information content (AvgIpc) is 2.48. The molecule has 0 unspecified atom stereocenters. The Hall–Kier alpha value is -1.17. The maximum absolute atomic E-state index is 11.4. The number of hydrogen-bond acceptors (Lipinski definition) is 5. The Morgan fingerprint density at radius 2 is 2.36 bits per heavy atom. The average molecular weight is 215 g/mol. The van der Waals surface area contributed by atoms with Crippen LogP contribution in [0.25, 0.3) is 0 Å². The Morgan fingerprint density at radius 1 is 1.64 bits per heavy atom. The van der Waals surface area contributed by atoms with Crippen LogP contribution in [0.1, 0.15) is 24.2 Å². The third-order valence-electron chi connectivity index (χ3n) is 1.52. The van der Waals surface area contributed by atoms with Crippen molar-refractivity contribution in [2.75, 3.05) is 18.1 Å². The van der Waals surface area contributed by atoms with Gasteiger partial charge in [0.2, 0.25) is 0 Å². The van der Waals surface area contributed by atoms with Crippen molar-refractivity contribution in [1.82, 2.24) is 10.2 Å². The van der Waals surface area contributed by atoms with Gasteiger partial charge in [0.1, 0.15) is 16.4 Å². The van der Waals surface area contributed by atoms with E-state index in [0.29, 0.717) is 17.2 Å². The topological polar surface area (TPSA) is 81.0 Å². The van der Waals surface area contributed by atoms with E-state index >= 15 is 0 Å². The maximum Gasteiger partial charge on any atom is 0.344 e. The fraction of sp³-hybridized carbons (Fsp3) is 0.500. The molecule has 1 rings (SSSR count). The van der Waals surface area contributed by atoms with Gasteiger partial charge in [-0.25, -0.2) is 4.79 Å². The van der Waals surface area contributed by atoms with Crippen LogP contribution in [0.2, 0.25) is 0 Å². The monoisotopic (exact) mass is 215 g/mol. The Labute approximate surface area is 86.4 Å². The zero-order valence-corrected chi connectivity index (χ0v) is 8.98. The Balaban J connectivity index is 2.92. The summed E-state index contributed by atoms with van der Waals surface area (Å²) in [6.07, 6.45) is 0. The summed E-state index contributed by atoms with van der Waals surface area (Å²) in [7, 11) is 0. The molecule has 0 fully saturated rings. The van der Waals surface area contributed by atoms with Crippen LogP contribution in [-0.2, 0) is 4.74 Å². The highest BCUT2D eigenvalue weighted by Gasteiger charge is 2.19. The van der Waals surface area contributed by atoms with Crippen LogP contribution in [0.4, 0.5) is 5.82 Å². The highest BCUT2D eigenvalue weighted by Crippen LogP contribution is 2.24. The molecule has 0 radical (unpaired) electrons. The largest absolute Gasteiger partial charge is 0.462 e. The number of nitrogens with one attached hydrogen (secondary N) is 1. The van der Waals surface area contributed by atoms with E-state index in [0.717, 1.165) is 5.75 Å². The van der Waals surface area contributed by atoms with E-state index in [1.54, 1.807) is 6.92 Å². The third-order valence-corrected chi connectivity index (χ3v) is 2.38. The number of nitrogens with two attached hydrogens (primary N) is 1. The van der Waals surface area contributed by atoms with Crippen LogP contribution < -0.4 is 5.73 Å². The number of anilines is 1. The van der Waals surface area contributed by atoms with E-state index in [1.165, 1.54) is 11.8 Å². The van der Waals surface area contributed by atoms with Gasteiger partial charge >= 0.3 is 5.97 Å². The van der Waals surface area contributed by atoms with Gasteiger partial charge in [0.05, 0.1) is 6.61 Å². The number of nitrogens with zero attached hydrogens (tertiary/aromatic N) is 1. The molecule has 78 valence electrons. The van der Waals surface area contributed by atoms with Crippen LogP contribution >= 0.6 is 11.8 Å². The molecule has 0 atom stereocenters. The zero-order valence-electron chi connectivity index (χ0n) is 8.16. The molecule has 3 N–H and O–H groups in total. The molecule has 0 spiro atoms. The number of hydrogen-bond donors (Lipinski definition) is 2. The van der Waals surface area contributed by atoms with Gasteiger partial charge in [-0.05, 0) is 12.7 Å². The predicted octanol–water partition coefficient (Wildman–Crippen LogP) is 1.28. The minimum absolute atomic E-state index is 0.263. The summed E-state index contributed by atoms with van der Waals surface area (Å²) >= 11 is 1.45. The van der Waals surface area contributed by atoms with Crippen molar-refractivity contribution < 1.29 is 9.53 Å². The van der Waals surface area contributed by atoms with Crippen molar-refractivity contribution in [1.29, 1.82) is 0 Å². The number of ether oxygens (including phenoxy) is 1. The number of thioether (sulfide) groups is 1. The summed E-state index contributed by atoms with van der Waals surface area (Å²) in [5, 5.41) is 7.09. The van der Waals surface area contributed by atoms with Crippen molar-refractivity contribution in [2.45, 2.75) is 18.9 Å². The number of aromatic amines is 1. The molecule has 6 heteroatoms. The van der Waals surface area contributed by atoms with Crippen molar-refractivity contribution in [3.05, 3.63) is 5.56 Å². The summed E-state index contributed by atoms with van der Waals surface area (Å²) in [5.41, 5.74) is 5.92. The molecule has 1 aromatic rings. The van der Waals surface area contributed by atoms with Crippen molar-refractivity contribution >= 4 is 23.5 Å². The quantitative estimate of drug-likeness (QED) is 0.584. The lowest BCUT2D eigenvalue weighted by Gasteiger charge is -2.01. The lowest BCUT2D eigenvalue weighted by atomic mass is 10.3. The summed E-state index contributed by atoms with van der Waals surface area (Å²) in [5.74, 6) is 0.672. The fourth-order valence-electron chi connectivity index (χ4n) is 0.980. The number of esters is 1. The molecule has 0 aromatic carbocycles. The second-order valence-electron chi connectivity index (χ2n) is 2.47. The number of carbonyl (C=O) groups is 1. The standard InChI is InChI=1S/C8H13N3O2S/c1-3-13-8(12)5-6(9)10-11-7(5)14-4-2/h3-4H2,1-2H3,(H3,9,10,11). The van der Waals surface area contributed by atoms with E-state index in [-0.39, 0.29) is 5.82 Å². The van der Waals surface area contributed by atoms with E-state index < -0.39 is 5.97 Å². The predicted molar refractivity (Wildman–Crippen MR) is 55.4 cm³/mol. The number of aromatic nitrogens is 2. The molecule has 1 aromatic heterocycles. The van der Waals surface area contributed by atoms with Gasteiger partial charge in [-0.2, -0.15) is 5.10 Å². The summed E-state index contributed by atoms with van der Waals surface area (Å²) in [4.78, 5) is 11.4. The zero-order chi connectivity index (χ0) is 10.6. The minimum Gasteiger partial charge on any atom is -0.462 e. The number of carbonyl (C=O) groups excluding carboxylic acids is 1. The van der Waals surface area contributed by atoms with E-state index in [4.69, 9.17) is 10.5 Å². The van der Waals surface area contributed by atoms with Gasteiger partial charge in [0.15, 0.2) is 0 Å². The molecule has 0 bridgehead atoms. The molecule has 0 amide bonds. The number of H-pyrrole nitrogens is 1. The molecule has 1 heterocycles. The summed E-state index contributed by atoms with van der Waals surface area (Å²) in [6, 6.07) is 0. The van der Waals surface area contributed by atoms with Crippen LogP contribution in [0.3, 0.4) is 0 Å². The van der Waals surface area contributed by atoms with Crippen LogP contribution in [-0.4, -0.2) is 28.5 Å². The van der Waals surface area contributed by atoms with Gasteiger partial charge in [0, 0.05) is 0 Å². The molecule has 0 saturated carbocycles. The van der Waals surface area contributed by atoms with Crippen LogP contribution in [0.15, 0.2) is 5.03 Å². The molecule has 14 heavy (non-hydrogen) atoms. The van der Waals surface area contributed by atoms with Gasteiger partial charge in [0.25, 0.3) is 0 Å². The van der Waals surface area contributed by atoms with Crippen molar-refractivity contribution in [3.63, 3.8) is 0 Å². The molecular weight excluding hydrogens is 202 g/mol. The molecule has 0 saturated heterocycles. The normalized spacial score (nSPS) is 10.1. The minimum atomic E-state index is -0.422. The first-order valence-corrected chi connectivity index (χ1v) is 5.33. The number of rotatable bonds is 4. The second kappa shape index (κ2) is 4.90. The van der Waals surface area contributed by atoms with Crippen molar-refractivity contribution in [2.24, 2.45) is 0 Å². The van der Waals surface area contributed by atoms with Gasteiger partial charge < -0.3 is 10.5 Å². The summed E-state index contributed by atoms with van der Waals surface area (Å²) in [6.45, 7) is 4.06. The highest BCUT2D eigenvalue weighted by atomic mass is 32.2. The Kier molecular flexibility index (Phi) is 3.82. The molecule has 5 nitrogen and oxygen atoms in total. The lowest BCUT2D eigenvalue weighted by molar-refractivity contribution is 0.0523. The molecular formula is C8H13N3O2S. The van der Waals surface area contributed by atoms with Crippen molar-refractivity contribution in [3.8, 4) is 0 Å². The fourth-order valence-corrected chi connectivity index (χ4v) is 1.70. The van der Waals surface area contributed by atoms with Crippen LogP contribution in [0.5, 0.6) is 0 Å². The second-order valence-corrected chi connectivity index (χ2v) is 3.72. The first kappa shape index (κ1) is 10.9. The van der Waals surface area contributed by atoms with Gasteiger partial charge in [-0.15, -0.1) is 11.8 Å². The molecule has 0 aliphatic rings. The highest BCUT2D eigenvalue weighted by molar-refractivity contribution is 7.99. The van der Waals surface area contributed by atoms with Gasteiger partial charge in [-0.3, -0.25) is 5.10 Å². The van der Waals surface area contributed by atoms with E-state index in [1.807, 2.05) is 6.92 Å². The maximum atomic E-state index is 11.4.